The van der Waals surface area contributed by atoms with Crippen molar-refractivity contribution in [1.29, 1.82) is 0 Å². The molecule has 0 aliphatic rings. The van der Waals surface area contributed by atoms with Crippen molar-refractivity contribution in [3.8, 4) is 5.75 Å². The Kier molecular flexibility index (Phi) is 14.7. The van der Waals surface area contributed by atoms with Gasteiger partial charge in [0.05, 0.1) is 6.42 Å². The largest absolute Gasteiger partial charge is 0.508 e. The monoisotopic (exact) mass is 693 g/mol. The van der Waals surface area contributed by atoms with E-state index in [2.05, 4.69) is 37.2 Å². The quantitative estimate of drug-likeness (QED) is 0.123. The zero-order valence-electron chi connectivity index (χ0n) is 24.2. The van der Waals surface area contributed by atoms with Crippen LogP contribution in [0.25, 0.3) is 0 Å². The normalized spacial score (nSPS) is 13.4. The number of phenolic OH excluding ortho intramolecular Hbond substituents is 1. The fourth-order valence-corrected chi connectivity index (χ4v) is 5.07. The van der Waals surface area contributed by atoms with E-state index in [9.17, 15) is 39.0 Å². The van der Waals surface area contributed by atoms with Gasteiger partial charge >= 0.3 is 5.97 Å². The number of carbonyl (C=O) groups is 6. The lowest BCUT2D eigenvalue weighted by Gasteiger charge is -2.25. The van der Waals surface area contributed by atoms with Crippen molar-refractivity contribution >= 4 is 63.2 Å². The Morgan fingerprint density at radius 3 is 1.95 bits per heavy atom. The fourth-order valence-electron chi connectivity index (χ4n) is 4.15. The molecule has 2 rings (SSSR count). The predicted octanol–water partition coefficient (Wildman–Crippen LogP) is 0.612. The van der Waals surface area contributed by atoms with Crippen molar-refractivity contribution in [2.45, 2.75) is 56.8 Å². The van der Waals surface area contributed by atoms with E-state index in [0.29, 0.717) is 16.9 Å². The third-order valence-electron chi connectivity index (χ3n) is 6.31. The molecule has 0 aromatic heterocycles. The number of aromatic hydroxyl groups is 1. The Balaban J connectivity index is 2.21. The van der Waals surface area contributed by atoms with Gasteiger partial charge < -0.3 is 37.2 Å². The number of nitrogens with one attached hydrogen (secondary N) is 4. The number of carboxylic acids is 1. The molecule has 2 aromatic carbocycles. The molecular weight excluding hydrogens is 658 g/mol. The molecule has 2 aromatic rings. The summed E-state index contributed by atoms with van der Waals surface area (Å²) in [6, 6.07) is 7.93. The number of phenols is 1. The summed E-state index contributed by atoms with van der Waals surface area (Å²) >= 11 is 4.72. The molecule has 4 atom stereocenters. The molecule has 44 heavy (non-hydrogen) atoms. The minimum Gasteiger partial charge on any atom is -0.508 e. The number of carbonyl (C=O) groups excluding carboxylic acids is 5. The van der Waals surface area contributed by atoms with E-state index >= 15 is 0 Å². The van der Waals surface area contributed by atoms with E-state index < -0.39 is 66.1 Å². The number of nitrogens with two attached hydrogens (primary N) is 1. The Labute approximate surface area is 267 Å². The van der Waals surface area contributed by atoms with Gasteiger partial charge in [0.1, 0.15) is 29.9 Å². The second-order valence-electron chi connectivity index (χ2n) is 9.92. The number of amides is 5. The number of aliphatic carboxylic acids is 1. The number of hydrogen-bond acceptors (Lipinski definition) is 8. The summed E-state index contributed by atoms with van der Waals surface area (Å²) < 4.78 is 0.739. The van der Waals surface area contributed by atoms with E-state index in [0.717, 1.165) is 4.47 Å². The number of thioether (sulfide) groups is 1. The van der Waals surface area contributed by atoms with Crippen molar-refractivity contribution in [3.05, 3.63) is 64.1 Å². The number of primary amides is 1. The third kappa shape index (κ3) is 12.6. The van der Waals surface area contributed by atoms with Crippen LogP contribution in [-0.2, 0) is 41.6 Å². The maximum absolute atomic E-state index is 13.3. The lowest BCUT2D eigenvalue weighted by atomic mass is 10.0. The van der Waals surface area contributed by atoms with Crippen molar-refractivity contribution in [2.75, 3.05) is 12.0 Å². The zero-order valence-corrected chi connectivity index (χ0v) is 26.6. The summed E-state index contributed by atoms with van der Waals surface area (Å²) in [5.74, 6) is -4.75. The van der Waals surface area contributed by atoms with Crippen LogP contribution in [0.4, 0.5) is 0 Å². The number of halogens is 1. The second-order valence-corrected chi connectivity index (χ2v) is 11.8. The van der Waals surface area contributed by atoms with Gasteiger partial charge in [-0.15, -0.1) is 0 Å². The van der Waals surface area contributed by atoms with Gasteiger partial charge in [-0.1, -0.05) is 40.2 Å². The van der Waals surface area contributed by atoms with E-state index in [-0.39, 0.29) is 25.0 Å². The van der Waals surface area contributed by atoms with Crippen LogP contribution < -0.4 is 27.0 Å². The Hall–Kier alpha value is -4.11. The first kappa shape index (κ1) is 36.1. The summed E-state index contributed by atoms with van der Waals surface area (Å²) in [5, 5.41) is 28.9. The Bertz CT molecular complexity index is 1340. The third-order valence-corrected chi connectivity index (χ3v) is 7.45. The maximum atomic E-state index is 13.3. The Morgan fingerprint density at radius 1 is 0.818 bits per heavy atom. The van der Waals surface area contributed by atoms with Crippen LogP contribution in [-0.4, -0.2) is 81.9 Å². The SMILES string of the molecule is CSCC[C@H](NC(=O)[C@@H](Cc1ccc(O)cc1)NC(C)=O)C(=O)N[C@@H](CC(=O)O)C(=O)N[C@@H](Cc1cccc(Br)c1)C(N)=O. The topological polar surface area (TPSA) is 217 Å². The highest BCUT2D eigenvalue weighted by atomic mass is 79.9. The minimum absolute atomic E-state index is 0.0201. The number of hydrogen-bond donors (Lipinski definition) is 7. The van der Waals surface area contributed by atoms with Crippen LogP contribution >= 0.6 is 27.7 Å². The van der Waals surface area contributed by atoms with E-state index in [1.165, 1.54) is 30.8 Å². The molecule has 238 valence electrons. The van der Waals surface area contributed by atoms with Crippen LogP contribution in [0.3, 0.4) is 0 Å². The highest BCUT2D eigenvalue weighted by Crippen LogP contribution is 2.14. The number of carboxylic acid groups (broad SMARTS) is 1. The average molecular weight is 695 g/mol. The van der Waals surface area contributed by atoms with Crippen LogP contribution in [0.1, 0.15) is 30.9 Å². The standard InChI is InChI=1S/C29H36BrN5O8S/c1-16(36)32-23(13-17-6-8-20(37)9-7-17)28(42)33-21(10-11-44-2)27(41)35-24(15-25(38)39)29(43)34-22(26(31)40)14-18-4-3-5-19(30)12-18/h3-9,12,21-24,37H,10-11,13-15H2,1-2H3,(H2,31,40)(H,32,36)(H,33,42)(H,34,43)(H,35,41)(H,38,39)/t21-,22-,23+,24-/m0/s1. The minimum atomic E-state index is -1.60. The molecule has 0 bridgehead atoms. The van der Waals surface area contributed by atoms with Crippen molar-refractivity contribution in [1.82, 2.24) is 21.3 Å². The van der Waals surface area contributed by atoms with Crippen LogP contribution in [0, 0.1) is 0 Å². The molecule has 0 unspecified atom stereocenters. The highest BCUT2D eigenvalue weighted by Gasteiger charge is 2.32. The predicted molar refractivity (Wildman–Crippen MR) is 167 cm³/mol. The molecule has 5 amide bonds. The summed E-state index contributed by atoms with van der Waals surface area (Å²) in [4.78, 5) is 75.3. The van der Waals surface area contributed by atoms with Crippen molar-refractivity contribution in [2.24, 2.45) is 5.73 Å². The maximum Gasteiger partial charge on any atom is 0.305 e. The van der Waals surface area contributed by atoms with Gasteiger partial charge in [-0.05, 0) is 53.8 Å². The molecule has 0 saturated carbocycles. The lowest BCUT2D eigenvalue weighted by molar-refractivity contribution is -0.141. The molecular formula is C29H36BrN5O8S. The van der Waals surface area contributed by atoms with Crippen LogP contribution in [0.15, 0.2) is 53.0 Å². The molecule has 0 radical (unpaired) electrons. The zero-order chi connectivity index (χ0) is 32.8. The second kappa shape index (κ2) is 17.9. The van der Waals surface area contributed by atoms with E-state index in [4.69, 9.17) is 5.73 Å². The molecule has 8 N–H and O–H groups in total. The van der Waals surface area contributed by atoms with Gasteiger partial charge in [-0.2, -0.15) is 11.8 Å². The molecule has 0 aliphatic carbocycles. The first-order valence-corrected chi connectivity index (χ1v) is 15.7. The van der Waals surface area contributed by atoms with Gasteiger partial charge in [0, 0.05) is 24.2 Å². The number of benzene rings is 2. The first-order chi connectivity index (χ1) is 20.8. The van der Waals surface area contributed by atoms with Crippen molar-refractivity contribution < 1.29 is 39.0 Å². The van der Waals surface area contributed by atoms with Crippen LogP contribution in [0.5, 0.6) is 5.75 Å². The van der Waals surface area contributed by atoms with Gasteiger partial charge in [-0.25, -0.2) is 0 Å². The molecule has 0 aliphatic heterocycles. The van der Waals surface area contributed by atoms with Crippen LogP contribution in [0.2, 0.25) is 0 Å². The smallest absolute Gasteiger partial charge is 0.305 e. The summed E-state index contributed by atoms with van der Waals surface area (Å²) in [6.07, 6.45) is 1.18. The van der Waals surface area contributed by atoms with E-state index in [1.54, 1.807) is 42.7 Å². The fraction of sp³-hybridized carbons (Fsp3) is 0.379. The molecule has 0 spiro atoms. The van der Waals surface area contributed by atoms with Gasteiger partial charge in [0.15, 0.2) is 0 Å². The van der Waals surface area contributed by atoms with E-state index in [1.807, 2.05) is 0 Å². The van der Waals surface area contributed by atoms with Gasteiger partial charge in [0.2, 0.25) is 29.5 Å². The average Bonchev–Trinajstić information content (AvgIpc) is 2.94. The highest BCUT2D eigenvalue weighted by molar-refractivity contribution is 9.10. The van der Waals surface area contributed by atoms with Gasteiger partial charge in [0.25, 0.3) is 0 Å². The number of rotatable bonds is 17. The molecule has 15 heteroatoms. The Morgan fingerprint density at radius 2 is 1.39 bits per heavy atom. The molecule has 13 nitrogen and oxygen atoms in total. The molecule has 0 fully saturated rings. The molecule has 0 heterocycles. The first-order valence-electron chi connectivity index (χ1n) is 13.5. The van der Waals surface area contributed by atoms with Crippen molar-refractivity contribution in [3.63, 3.8) is 0 Å². The van der Waals surface area contributed by atoms with Gasteiger partial charge in [-0.3, -0.25) is 28.8 Å². The lowest BCUT2D eigenvalue weighted by Crippen LogP contribution is -2.58. The summed E-state index contributed by atoms with van der Waals surface area (Å²) in [7, 11) is 0. The molecule has 0 saturated heterocycles. The summed E-state index contributed by atoms with van der Waals surface area (Å²) in [5.41, 5.74) is 6.80. The summed E-state index contributed by atoms with van der Waals surface area (Å²) in [6.45, 7) is 1.24.